The van der Waals surface area contributed by atoms with Crippen LogP contribution in [0.1, 0.15) is 44.0 Å². The zero-order chi connectivity index (χ0) is 20.1. The molecule has 1 saturated heterocycles. The lowest BCUT2D eigenvalue weighted by Gasteiger charge is -2.25. The van der Waals surface area contributed by atoms with Crippen molar-refractivity contribution in [1.29, 1.82) is 0 Å². The topological polar surface area (TPSA) is 83.1 Å². The van der Waals surface area contributed by atoms with E-state index in [0.717, 1.165) is 19.3 Å². The molecule has 28 heavy (non-hydrogen) atoms. The molecule has 3 N–H and O–H groups in total. The van der Waals surface area contributed by atoms with Gasteiger partial charge in [0, 0.05) is 18.8 Å². The van der Waals surface area contributed by atoms with Crippen LogP contribution < -0.4 is 10.6 Å². The Bertz CT molecular complexity index is 874. The summed E-state index contributed by atoms with van der Waals surface area (Å²) in [6.07, 6.45) is 2.90. The van der Waals surface area contributed by atoms with Gasteiger partial charge in [0.05, 0.1) is 9.77 Å². The van der Waals surface area contributed by atoms with Crippen LogP contribution in [0.15, 0.2) is 46.7 Å². The lowest BCUT2D eigenvalue weighted by Crippen LogP contribution is -2.91. The molecule has 2 aromatic rings. The highest BCUT2D eigenvalue weighted by Gasteiger charge is 2.26. The van der Waals surface area contributed by atoms with Crippen LogP contribution in [0.4, 0.5) is 5.69 Å². The van der Waals surface area contributed by atoms with E-state index in [2.05, 4.69) is 18.3 Å². The fraction of sp³-hybridized carbons (Fsp3) is 0.450. The molecular weight excluding hydrogens is 394 g/mol. The maximum absolute atomic E-state index is 12.7. The molecule has 6 nitrogen and oxygen atoms in total. The van der Waals surface area contributed by atoms with Crippen LogP contribution >= 0.6 is 11.3 Å². The molecule has 1 aliphatic rings. The number of benzene rings is 1. The second-order valence-corrected chi connectivity index (χ2v) is 10.2. The monoisotopic (exact) mass is 422 g/mol. The number of quaternary nitrogens is 1. The Kier molecular flexibility index (Phi) is 6.87. The number of nitrogens with one attached hydrogen (secondary N) is 1. The van der Waals surface area contributed by atoms with Crippen molar-refractivity contribution in [2.45, 2.75) is 50.1 Å². The Balaban J connectivity index is 1.59. The first-order valence-electron chi connectivity index (χ1n) is 9.67. The summed E-state index contributed by atoms with van der Waals surface area (Å²) in [6, 6.07) is 10.5. The maximum Gasteiger partial charge on any atom is 0.282 e. The summed E-state index contributed by atoms with van der Waals surface area (Å²) < 4.78 is 26.9. The molecule has 1 aromatic carbocycles. The van der Waals surface area contributed by atoms with E-state index in [4.69, 9.17) is 0 Å². The van der Waals surface area contributed by atoms with Gasteiger partial charge in [-0.1, -0.05) is 12.5 Å². The fourth-order valence-electron chi connectivity index (χ4n) is 3.39. The summed E-state index contributed by atoms with van der Waals surface area (Å²) in [5.74, 6) is -0.102. The molecule has 1 amide bonds. The molecule has 3 rings (SSSR count). The van der Waals surface area contributed by atoms with E-state index < -0.39 is 10.0 Å². The predicted octanol–water partition coefficient (Wildman–Crippen LogP) is 2.57. The van der Waals surface area contributed by atoms with Gasteiger partial charge in [0.25, 0.3) is 5.91 Å². The molecule has 0 aliphatic carbocycles. The number of thiophene rings is 1. The molecule has 1 fully saturated rings. The molecule has 1 aliphatic heterocycles. The molecule has 2 atom stereocenters. The highest BCUT2D eigenvalue weighted by atomic mass is 32.2. The van der Waals surface area contributed by atoms with Crippen LogP contribution in [0.25, 0.3) is 0 Å². The van der Waals surface area contributed by atoms with Gasteiger partial charge in [0.15, 0.2) is 6.04 Å². The Morgan fingerprint density at radius 3 is 2.39 bits per heavy atom. The van der Waals surface area contributed by atoms with Crippen molar-refractivity contribution < 1.29 is 18.5 Å². The largest absolute Gasteiger partial charge is 0.330 e. The number of nitrogens with two attached hydrogens (primary N) is 1. The van der Waals surface area contributed by atoms with Crippen LogP contribution in [0.2, 0.25) is 0 Å². The second kappa shape index (κ2) is 9.17. The summed E-state index contributed by atoms with van der Waals surface area (Å²) >= 11 is 1.68. The third-order valence-electron chi connectivity index (χ3n) is 5.06. The SMILES string of the molecule is C[C@@H]([NH2+][C@H](C)c1cccs1)C(=O)Nc1ccc(S(=O)(=O)N2CCCCC2)cc1. The van der Waals surface area contributed by atoms with Gasteiger partial charge in [0.1, 0.15) is 6.04 Å². The molecule has 0 spiro atoms. The predicted molar refractivity (Wildman–Crippen MR) is 112 cm³/mol. The second-order valence-electron chi connectivity index (χ2n) is 7.26. The average molecular weight is 423 g/mol. The van der Waals surface area contributed by atoms with Crippen molar-refractivity contribution in [3.63, 3.8) is 0 Å². The first-order chi connectivity index (χ1) is 13.4. The molecule has 0 saturated carbocycles. The molecular formula is C20H28N3O3S2+. The smallest absolute Gasteiger partial charge is 0.282 e. The summed E-state index contributed by atoms with van der Waals surface area (Å²) in [6.45, 7) is 5.11. The van der Waals surface area contributed by atoms with Crippen LogP contribution in [-0.2, 0) is 14.8 Å². The van der Waals surface area contributed by atoms with Crippen LogP contribution in [0.5, 0.6) is 0 Å². The Morgan fingerprint density at radius 1 is 1.11 bits per heavy atom. The number of hydrogen-bond donors (Lipinski definition) is 2. The highest BCUT2D eigenvalue weighted by molar-refractivity contribution is 7.89. The number of sulfonamides is 1. The van der Waals surface area contributed by atoms with Crippen molar-refractivity contribution in [3.05, 3.63) is 46.7 Å². The molecule has 2 heterocycles. The minimum atomic E-state index is -3.45. The Hall–Kier alpha value is -1.74. The van der Waals surface area contributed by atoms with Crippen LogP contribution in [0.3, 0.4) is 0 Å². The van der Waals surface area contributed by atoms with E-state index in [1.165, 1.54) is 4.88 Å². The number of amides is 1. The van der Waals surface area contributed by atoms with Crippen molar-refractivity contribution in [2.75, 3.05) is 18.4 Å². The summed E-state index contributed by atoms with van der Waals surface area (Å²) in [5.41, 5.74) is 0.603. The van der Waals surface area contributed by atoms with Gasteiger partial charge in [0.2, 0.25) is 10.0 Å². The summed E-state index contributed by atoms with van der Waals surface area (Å²) in [5, 5.41) is 6.93. The number of piperidine rings is 1. The van der Waals surface area contributed by atoms with Crippen LogP contribution in [-0.4, -0.2) is 37.8 Å². The number of hydrogen-bond acceptors (Lipinski definition) is 4. The molecule has 0 unspecified atom stereocenters. The fourth-order valence-corrected chi connectivity index (χ4v) is 5.67. The van der Waals surface area contributed by atoms with E-state index in [-0.39, 0.29) is 22.9 Å². The minimum Gasteiger partial charge on any atom is -0.330 e. The Labute approximate surface area is 171 Å². The maximum atomic E-state index is 12.7. The highest BCUT2D eigenvalue weighted by Crippen LogP contribution is 2.22. The number of rotatable bonds is 7. The lowest BCUT2D eigenvalue weighted by molar-refractivity contribution is -0.709. The van der Waals surface area contributed by atoms with E-state index in [9.17, 15) is 13.2 Å². The van der Waals surface area contributed by atoms with Crippen molar-refractivity contribution in [1.82, 2.24) is 4.31 Å². The van der Waals surface area contributed by atoms with E-state index in [1.54, 1.807) is 39.9 Å². The van der Waals surface area contributed by atoms with Crippen molar-refractivity contribution in [3.8, 4) is 0 Å². The van der Waals surface area contributed by atoms with E-state index in [0.29, 0.717) is 18.8 Å². The lowest BCUT2D eigenvalue weighted by atomic mass is 10.2. The van der Waals surface area contributed by atoms with Gasteiger partial charge < -0.3 is 10.6 Å². The van der Waals surface area contributed by atoms with Gasteiger partial charge in [-0.3, -0.25) is 4.79 Å². The van der Waals surface area contributed by atoms with Gasteiger partial charge in [-0.2, -0.15) is 4.31 Å². The number of nitrogens with zero attached hydrogens (tertiary/aromatic N) is 1. The number of carbonyl (C=O) groups is 1. The minimum absolute atomic E-state index is 0.102. The first-order valence-corrected chi connectivity index (χ1v) is 12.0. The van der Waals surface area contributed by atoms with E-state index in [1.807, 2.05) is 23.7 Å². The van der Waals surface area contributed by atoms with Crippen molar-refractivity contribution in [2.24, 2.45) is 0 Å². The van der Waals surface area contributed by atoms with Crippen LogP contribution in [0, 0.1) is 0 Å². The Morgan fingerprint density at radius 2 is 1.79 bits per heavy atom. The third kappa shape index (κ3) is 5.00. The molecule has 0 radical (unpaired) electrons. The van der Waals surface area contributed by atoms with Gasteiger partial charge >= 0.3 is 0 Å². The van der Waals surface area contributed by atoms with E-state index >= 15 is 0 Å². The third-order valence-corrected chi connectivity index (χ3v) is 8.04. The van der Waals surface area contributed by atoms with Gasteiger partial charge in [-0.15, -0.1) is 11.3 Å². The van der Waals surface area contributed by atoms with Gasteiger partial charge in [-0.25, -0.2) is 8.42 Å². The zero-order valence-corrected chi connectivity index (χ0v) is 17.9. The first kappa shape index (κ1) is 21.0. The molecule has 0 bridgehead atoms. The molecule has 1 aromatic heterocycles. The normalized spacial score (nSPS) is 17.8. The molecule has 152 valence electrons. The summed E-state index contributed by atoms with van der Waals surface area (Å²) in [7, 11) is -3.45. The quantitative estimate of drug-likeness (QED) is 0.719. The number of anilines is 1. The summed E-state index contributed by atoms with van der Waals surface area (Å²) in [4.78, 5) is 14.0. The van der Waals surface area contributed by atoms with Gasteiger partial charge in [-0.05, 0) is 62.4 Å². The van der Waals surface area contributed by atoms with Crippen molar-refractivity contribution >= 4 is 33.0 Å². The number of carbonyl (C=O) groups excluding carboxylic acids is 1. The molecule has 8 heteroatoms. The standard InChI is InChI=1S/C20H27N3O3S2/c1-15(19-7-6-14-27-19)21-16(2)20(24)22-17-8-10-18(11-9-17)28(25,26)23-12-4-3-5-13-23/h6-11,14-16,21H,3-5,12-13H2,1-2H3,(H,22,24)/p+1/t15-,16-/m1/s1. The average Bonchev–Trinajstić information content (AvgIpc) is 3.24. The zero-order valence-electron chi connectivity index (χ0n) is 16.3.